The lowest BCUT2D eigenvalue weighted by atomic mass is 10.0. The van der Waals surface area contributed by atoms with Crippen molar-refractivity contribution in [3.63, 3.8) is 0 Å². The molecule has 0 bridgehead atoms. The zero-order valence-electron chi connectivity index (χ0n) is 20.6. The molecule has 2 amide bonds. The number of nitrogens with two attached hydrogens (primary N) is 1. The lowest BCUT2D eigenvalue weighted by Gasteiger charge is -2.12. The second-order valence-corrected chi connectivity index (χ2v) is 8.70. The molecule has 2 heterocycles. The predicted octanol–water partition coefficient (Wildman–Crippen LogP) is 4.58. The molecular weight excluding hydrogens is 480 g/mol. The minimum absolute atomic E-state index is 0.0886. The third-order valence-electron chi connectivity index (χ3n) is 6.02. The van der Waals surface area contributed by atoms with Crippen LogP contribution in [0.15, 0.2) is 91.5 Å². The first-order valence-electron chi connectivity index (χ1n) is 12.2. The van der Waals surface area contributed by atoms with Gasteiger partial charge in [-0.2, -0.15) is 0 Å². The smallest absolute Gasteiger partial charge is 0.404 e. The lowest BCUT2D eigenvalue weighted by Crippen LogP contribution is -2.25. The maximum atomic E-state index is 12.8. The number of hydrogen-bond donors (Lipinski definition) is 2. The van der Waals surface area contributed by atoms with E-state index in [1.807, 2.05) is 71.4 Å². The second-order valence-electron chi connectivity index (χ2n) is 8.70. The minimum Gasteiger partial charge on any atom is -0.445 e. The highest BCUT2D eigenvalue weighted by molar-refractivity contribution is 5.98. The van der Waals surface area contributed by atoms with Crippen LogP contribution in [0.2, 0.25) is 0 Å². The lowest BCUT2D eigenvalue weighted by molar-refractivity contribution is 0.0952. The molecule has 3 N–H and O–H groups in total. The molecule has 0 aliphatic rings. The van der Waals surface area contributed by atoms with E-state index in [9.17, 15) is 9.59 Å². The van der Waals surface area contributed by atoms with Crippen molar-refractivity contribution in [1.29, 1.82) is 0 Å². The summed E-state index contributed by atoms with van der Waals surface area (Å²) < 4.78 is 6.86. The minimum atomic E-state index is -0.820. The summed E-state index contributed by atoms with van der Waals surface area (Å²) in [5.74, 6) is -0.160. The van der Waals surface area contributed by atoms with E-state index in [1.165, 1.54) is 0 Å². The summed E-state index contributed by atoms with van der Waals surface area (Å²) in [6.45, 7) is 1.42. The Kier molecular flexibility index (Phi) is 7.35. The standard InChI is InChI=1S/C29H26N6O3/c30-29(37)38-18-20-7-9-22(10-8-20)27-26(21-5-2-1-3-6-21)33-24-12-11-23(17-25(24)34-27)28(36)32-13-4-15-35-16-14-31-19-35/h1-3,5-12,14,16-17,19H,4,13,15,18H2,(H2,30,37)(H,32,36). The van der Waals surface area contributed by atoms with E-state index >= 15 is 0 Å². The number of aryl methyl sites for hydroxylation is 1. The van der Waals surface area contributed by atoms with Crippen LogP contribution < -0.4 is 11.1 Å². The van der Waals surface area contributed by atoms with Gasteiger partial charge in [-0.05, 0) is 30.2 Å². The van der Waals surface area contributed by atoms with Crippen molar-refractivity contribution in [3.8, 4) is 22.5 Å². The molecule has 0 fully saturated rings. The summed E-state index contributed by atoms with van der Waals surface area (Å²) in [6.07, 6.45) is 5.36. The number of amides is 2. The van der Waals surface area contributed by atoms with E-state index in [-0.39, 0.29) is 12.5 Å². The Labute approximate surface area is 219 Å². The van der Waals surface area contributed by atoms with Gasteiger partial charge in [-0.3, -0.25) is 4.79 Å². The fourth-order valence-corrected chi connectivity index (χ4v) is 4.09. The molecule has 0 radical (unpaired) electrons. The number of benzene rings is 3. The molecule has 5 aromatic rings. The van der Waals surface area contributed by atoms with E-state index in [2.05, 4.69) is 10.3 Å². The van der Waals surface area contributed by atoms with Gasteiger partial charge < -0.3 is 20.4 Å². The molecule has 0 atom stereocenters. The topological polar surface area (TPSA) is 125 Å². The Morgan fingerprint density at radius 1 is 0.895 bits per heavy atom. The van der Waals surface area contributed by atoms with Gasteiger partial charge in [0.25, 0.3) is 5.91 Å². The van der Waals surface area contributed by atoms with Crippen molar-refractivity contribution >= 4 is 23.0 Å². The molecule has 0 saturated heterocycles. The number of nitrogens with zero attached hydrogens (tertiary/aromatic N) is 4. The number of carbonyl (C=O) groups excluding carboxylic acids is 2. The number of imidazole rings is 1. The van der Waals surface area contributed by atoms with Gasteiger partial charge in [0.15, 0.2) is 0 Å². The first-order valence-corrected chi connectivity index (χ1v) is 12.2. The zero-order chi connectivity index (χ0) is 26.3. The maximum Gasteiger partial charge on any atom is 0.404 e. The molecular formula is C29H26N6O3. The van der Waals surface area contributed by atoms with E-state index in [0.29, 0.717) is 28.8 Å². The molecule has 0 spiro atoms. The number of hydrogen-bond acceptors (Lipinski definition) is 6. The van der Waals surface area contributed by atoms with E-state index in [4.69, 9.17) is 20.4 Å². The number of rotatable bonds is 9. The number of nitrogens with one attached hydrogen (secondary N) is 1. The number of primary amides is 1. The Balaban J connectivity index is 1.42. The van der Waals surface area contributed by atoms with E-state index < -0.39 is 6.09 Å². The fourth-order valence-electron chi connectivity index (χ4n) is 4.09. The number of fused-ring (bicyclic) bond motifs is 1. The Morgan fingerprint density at radius 3 is 2.34 bits per heavy atom. The van der Waals surface area contributed by atoms with Crippen LogP contribution in [0.1, 0.15) is 22.3 Å². The van der Waals surface area contributed by atoms with Crippen molar-refractivity contribution in [2.75, 3.05) is 6.54 Å². The van der Waals surface area contributed by atoms with Crippen LogP contribution in [0.3, 0.4) is 0 Å². The monoisotopic (exact) mass is 506 g/mol. The molecule has 0 aliphatic heterocycles. The fraction of sp³-hybridized carbons (Fsp3) is 0.138. The van der Waals surface area contributed by atoms with Crippen molar-refractivity contribution in [2.45, 2.75) is 19.6 Å². The molecule has 5 rings (SSSR count). The van der Waals surface area contributed by atoms with Crippen LogP contribution >= 0.6 is 0 Å². The van der Waals surface area contributed by atoms with Crippen LogP contribution in [0.25, 0.3) is 33.5 Å². The van der Waals surface area contributed by atoms with Crippen LogP contribution in [0.4, 0.5) is 4.79 Å². The highest BCUT2D eigenvalue weighted by Gasteiger charge is 2.15. The highest BCUT2D eigenvalue weighted by atomic mass is 16.5. The Bertz CT molecular complexity index is 1550. The third kappa shape index (κ3) is 5.84. The van der Waals surface area contributed by atoms with Crippen LogP contribution in [0, 0.1) is 0 Å². The number of ether oxygens (including phenoxy) is 1. The molecule has 190 valence electrons. The van der Waals surface area contributed by atoms with Crippen molar-refractivity contribution in [3.05, 3.63) is 103 Å². The SMILES string of the molecule is NC(=O)OCc1ccc(-c2nc3cc(C(=O)NCCCn4ccnc4)ccc3nc2-c2ccccc2)cc1. The molecule has 0 saturated carbocycles. The van der Waals surface area contributed by atoms with Gasteiger partial charge in [0, 0.05) is 42.2 Å². The molecule has 0 unspecified atom stereocenters. The molecule has 0 aliphatic carbocycles. The molecule has 2 aromatic heterocycles. The highest BCUT2D eigenvalue weighted by Crippen LogP contribution is 2.31. The van der Waals surface area contributed by atoms with Gasteiger partial charge in [-0.1, -0.05) is 54.6 Å². The van der Waals surface area contributed by atoms with E-state index in [0.717, 1.165) is 35.3 Å². The van der Waals surface area contributed by atoms with Crippen molar-refractivity contribution in [1.82, 2.24) is 24.8 Å². The quantitative estimate of drug-likeness (QED) is 0.282. The number of carbonyl (C=O) groups is 2. The summed E-state index contributed by atoms with van der Waals surface area (Å²) in [6, 6.07) is 22.7. The molecule has 38 heavy (non-hydrogen) atoms. The number of aromatic nitrogens is 4. The Morgan fingerprint density at radius 2 is 1.63 bits per heavy atom. The third-order valence-corrected chi connectivity index (χ3v) is 6.02. The normalized spacial score (nSPS) is 10.8. The van der Waals surface area contributed by atoms with Crippen molar-refractivity contribution in [2.24, 2.45) is 5.73 Å². The van der Waals surface area contributed by atoms with Gasteiger partial charge in [-0.25, -0.2) is 19.7 Å². The zero-order valence-corrected chi connectivity index (χ0v) is 20.6. The van der Waals surface area contributed by atoms with Crippen LogP contribution in [0.5, 0.6) is 0 Å². The summed E-state index contributed by atoms with van der Waals surface area (Å²) in [5.41, 5.74) is 10.9. The maximum absolute atomic E-state index is 12.8. The van der Waals surface area contributed by atoms with Gasteiger partial charge >= 0.3 is 6.09 Å². The molecule has 9 nitrogen and oxygen atoms in total. The average Bonchev–Trinajstić information content (AvgIpc) is 3.47. The second kappa shape index (κ2) is 11.3. The predicted molar refractivity (Wildman–Crippen MR) is 144 cm³/mol. The summed E-state index contributed by atoms with van der Waals surface area (Å²) in [7, 11) is 0. The van der Waals surface area contributed by atoms with Gasteiger partial charge in [0.05, 0.1) is 28.7 Å². The van der Waals surface area contributed by atoms with Gasteiger partial charge in [0.2, 0.25) is 0 Å². The van der Waals surface area contributed by atoms with Gasteiger partial charge in [-0.15, -0.1) is 0 Å². The Hall–Kier alpha value is -5.05. The summed E-state index contributed by atoms with van der Waals surface area (Å²) in [4.78, 5) is 37.6. The van der Waals surface area contributed by atoms with Gasteiger partial charge in [0.1, 0.15) is 6.61 Å². The van der Waals surface area contributed by atoms with E-state index in [1.54, 1.807) is 24.7 Å². The first-order chi connectivity index (χ1) is 18.6. The van der Waals surface area contributed by atoms with Crippen LogP contribution in [-0.4, -0.2) is 38.1 Å². The average molecular weight is 507 g/mol. The first kappa shape index (κ1) is 24.6. The largest absolute Gasteiger partial charge is 0.445 e. The summed E-state index contributed by atoms with van der Waals surface area (Å²) in [5, 5.41) is 2.97. The summed E-state index contributed by atoms with van der Waals surface area (Å²) >= 11 is 0. The molecule has 3 aromatic carbocycles. The molecule has 9 heteroatoms. The van der Waals surface area contributed by atoms with Crippen molar-refractivity contribution < 1.29 is 14.3 Å². The van der Waals surface area contributed by atoms with Crippen LogP contribution in [-0.2, 0) is 17.9 Å².